The Kier molecular flexibility index (Phi) is 16.3. The molecule has 3 saturated heterocycles. The number of pyridine rings is 4. The van der Waals surface area contributed by atoms with E-state index in [1.165, 1.54) is 56.4 Å². The van der Waals surface area contributed by atoms with Crippen LogP contribution in [0.1, 0.15) is 65.2 Å². The fourth-order valence-corrected chi connectivity index (χ4v) is 11.5. The van der Waals surface area contributed by atoms with Gasteiger partial charge in [-0.2, -0.15) is 4.31 Å². The summed E-state index contributed by atoms with van der Waals surface area (Å²) in [5, 5.41) is 2.93. The summed E-state index contributed by atoms with van der Waals surface area (Å²) < 4.78 is 33.1. The van der Waals surface area contributed by atoms with Crippen LogP contribution in [-0.4, -0.2) is 130 Å². The van der Waals surface area contributed by atoms with E-state index in [0.717, 1.165) is 76.4 Å². The van der Waals surface area contributed by atoms with Gasteiger partial charge in [0.25, 0.3) is 5.91 Å². The van der Waals surface area contributed by atoms with Crippen molar-refractivity contribution >= 4 is 66.9 Å². The molecule has 11 heterocycles. The summed E-state index contributed by atoms with van der Waals surface area (Å²) in [4.78, 5) is 43.3. The van der Waals surface area contributed by atoms with Crippen LogP contribution in [0.5, 0.6) is 0 Å². The van der Waals surface area contributed by atoms with Gasteiger partial charge in [0.05, 0.1) is 39.9 Å². The van der Waals surface area contributed by atoms with Crippen molar-refractivity contribution in [3.05, 3.63) is 187 Å². The average molecular weight is 1040 g/mol. The number of piperazine rings is 2. The molecule has 0 atom stereocenters. The van der Waals surface area contributed by atoms with Crippen LogP contribution in [0.4, 0.5) is 17.1 Å². The van der Waals surface area contributed by atoms with Crippen LogP contribution < -0.4 is 15.1 Å². The standard InChI is InChI=1S/C16H20N2O.C15H19N3O.C15H12N2O.C14H19N3O2S/c1-12-10-15(16-4-3-7-18(16)11-12)14-5-8-17(9-6-14)13(2)19;1-12-10-15(14-4-3-5-18(14)11-12)17-8-6-16(7-9-17)13(2)19;18-15(12-6-2-1-3-7-12)16-13-8-4-10-17-11-5-9-14(13)17;1-12-10-14(13-4-3-5-16(13)11-12)15-6-8-17(9-7-15)20(2,18)19/h3-4,7,10-11,14H,5-6,8-9H2,1-2H3;3-5,10-11H,6-9H2,1-2H3;1-11H,(H,16,18);3-5,10-11H,6-9H2,1-2H3. The number of amides is 3. The Morgan fingerprint density at radius 3 is 1.43 bits per heavy atom. The molecule has 3 amide bonds. The van der Waals surface area contributed by atoms with E-state index in [1.807, 2.05) is 81.3 Å². The highest BCUT2D eigenvalue weighted by molar-refractivity contribution is 7.88. The molecule has 396 valence electrons. The number of piperidine rings is 1. The zero-order valence-electron chi connectivity index (χ0n) is 44.5. The molecule has 0 radical (unpaired) electrons. The summed E-state index contributed by atoms with van der Waals surface area (Å²) in [6, 6.07) is 36.3. The Balaban J connectivity index is 0.000000124. The third-order valence-electron chi connectivity index (χ3n) is 14.6. The number of aromatic nitrogens is 4. The number of rotatable bonds is 6. The lowest BCUT2D eigenvalue weighted by Crippen LogP contribution is -2.48. The van der Waals surface area contributed by atoms with Crippen LogP contribution in [0.15, 0.2) is 159 Å². The molecular formula is C60H70N10O5S. The van der Waals surface area contributed by atoms with Gasteiger partial charge < -0.3 is 42.5 Å². The number of sulfonamides is 1. The van der Waals surface area contributed by atoms with Gasteiger partial charge in [0, 0.05) is 140 Å². The topological polar surface area (TPSA) is 131 Å². The first-order chi connectivity index (χ1) is 36.6. The van der Waals surface area contributed by atoms with E-state index < -0.39 is 10.0 Å². The minimum Gasteiger partial charge on any atom is -0.367 e. The Morgan fingerprint density at radius 2 is 0.921 bits per heavy atom. The smallest absolute Gasteiger partial charge is 0.255 e. The number of anilines is 3. The molecule has 0 aliphatic carbocycles. The predicted molar refractivity (Wildman–Crippen MR) is 306 cm³/mol. The molecule has 3 aliphatic heterocycles. The van der Waals surface area contributed by atoms with Crippen molar-refractivity contribution in [2.45, 2.75) is 53.4 Å². The van der Waals surface area contributed by atoms with Crippen molar-refractivity contribution in [3.63, 3.8) is 0 Å². The van der Waals surface area contributed by atoms with E-state index >= 15 is 0 Å². The second-order valence-corrected chi connectivity index (χ2v) is 22.1. The normalized spacial score (nSPS) is 15.4. The third-order valence-corrected chi connectivity index (χ3v) is 15.9. The highest BCUT2D eigenvalue weighted by Crippen LogP contribution is 2.32. The molecule has 1 N–H and O–H groups in total. The largest absolute Gasteiger partial charge is 0.367 e. The van der Waals surface area contributed by atoms with Gasteiger partial charge in [0.2, 0.25) is 21.8 Å². The first kappa shape index (κ1) is 53.0. The van der Waals surface area contributed by atoms with Gasteiger partial charge in [-0.15, -0.1) is 0 Å². The van der Waals surface area contributed by atoms with Crippen molar-refractivity contribution in [1.29, 1.82) is 0 Å². The molecule has 1 aromatic carbocycles. The highest BCUT2D eigenvalue weighted by Gasteiger charge is 2.26. The number of fused-ring (bicyclic) bond motifs is 4. The van der Waals surface area contributed by atoms with Crippen molar-refractivity contribution < 1.29 is 22.8 Å². The molecular weight excluding hydrogens is 973 g/mol. The van der Waals surface area contributed by atoms with E-state index in [2.05, 4.69) is 129 Å². The molecule has 12 rings (SSSR count). The number of carbonyl (C=O) groups is 3. The van der Waals surface area contributed by atoms with Crippen molar-refractivity contribution in [2.75, 3.05) is 86.8 Å². The summed E-state index contributed by atoms with van der Waals surface area (Å²) in [5.74, 6) is 0.866. The van der Waals surface area contributed by atoms with Gasteiger partial charge in [-0.25, -0.2) is 8.42 Å². The van der Waals surface area contributed by atoms with E-state index in [4.69, 9.17) is 0 Å². The fraction of sp³-hybridized carbons (Fsp3) is 0.317. The number of nitrogens with one attached hydrogen (secondary N) is 1. The Labute approximate surface area is 446 Å². The van der Waals surface area contributed by atoms with Gasteiger partial charge in [0.1, 0.15) is 0 Å². The molecule has 0 unspecified atom stereocenters. The maximum atomic E-state index is 12.1. The van der Waals surface area contributed by atoms with Gasteiger partial charge in [-0.3, -0.25) is 14.4 Å². The maximum absolute atomic E-state index is 12.1. The summed E-state index contributed by atoms with van der Waals surface area (Å²) in [6.07, 6.45) is 20.0. The first-order valence-corrected chi connectivity index (χ1v) is 28.0. The second kappa shape index (κ2) is 23.4. The van der Waals surface area contributed by atoms with Crippen LogP contribution in [0.3, 0.4) is 0 Å². The van der Waals surface area contributed by atoms with Crippen LogP contribution in [0.25, 0.3) is 22.1 Å². The van der Waals surface area contributed by atoms with Crippen molar-refractivity contribution in [1.82, 2.24) is 31.7 Å². The lowest BCUT2D eigenvalue weighted by molar-refractivity contribution is -0.130. The van der Waals surface area contributed by atoms with Crippen molar-refractivity contribution in [2.24, 2.45) is 0 Å². The van der Waals surface area contributed by atoms with Crippen molar-refractivity contribution in [3.8, 4) is 0 Å². The summed E-state index contributed by atoms with van der Waals surface area (Å²) in [6.45, 7) is 17.5. The lowest BCUT2D eigenvalue weighted by Gasteiger charge is -2.36. The van der Waals surface area contributed by atoms with E-state index in [0.29, 0.717) is 24.6 Å². The summed E-state index contributed by atoms with van der Waals surface area (Å²) >= 11 is 0. The SMILES string of the molecule is CC(=O)N1CCC(c2cc(C)cn3cccc23)CC1.CC(=O)N1CCN(c2cc(C)cn3cccc23)CC1.Cc1cc(N2CCN(S(C)(=O)=O)CC2)c2cccn2c1.O=C(Nc1cccn2cccc12)c1ccccc1. The number of aryl methyl sites for hydroxylation is 3. The molecule has 16 heteroatoms. The monoisotopic (exact) mass is 1040 g/mol. The van der Waals surface area contributed by atoms with E-state index in [-0.39, 0.29) is 17.7 Å². The Morgan fingerprint density at radius 1 is 0.487 bits per heavy atom. The fourth-order valence-electron chi connectivity index (χ4n) is 10.7. The molecule has 9 aromatic rings. The van der Waals surface area contributed by atoms with E-state index in [1.54, 1.807) is 30.3 Å². The van der Waals surface area contributed by atoms with Gasteiger partial charge >= 0.3 is 0 Å². The van der Waals surface area contributed by atoms with Crippen LogP contribution in [-0.2, 0) is 19.6 Å². The minimum atomic E-state index is -3.07. The van der Waals surface area contributed by atoms with Gasteiger partial charge in [-0.05, 0) is 147 Å². The Hall–Kier alpha value is -7.82. The second-order valence-electron chi connectivity index (χ2n) is 20.1. The van der Waals surface area contributed by atoms with Gasteiger partial charge in [0.15, 0.2) is 0 Å². The van der Waals surface area contributed by atoms with Crippen LogP contribution in [0.2, 0.25) is 0 Å². The molecule has 3 fully saturated rings. The number of carbonyl (C=O) groups excluding carboxylic acids is 3. The summed E-state index contributed by atoms with van der Waals surface area (Å²) in [7, 11) is -3.07. The highest BCUT2D eigenvalue weighted by atomic mass is 32.2. The number of benzene rings is 1. The first-order valence-electron chi connectivity index (χ1n) is 26.2. The number of hydrogen-bond acceptors (Lipinski definition) is 7. The zero-order valence-corrected chi connectivity index (χ0v) is 45.4. The zero-order chi connectivity index (χ0) is 53.5. The number of hydrogen-bond donors (Lipinski definition) is 1. The minimum absolute atomic E-state index is 0.0927. The molecule has 76 heavy (non-hydrogen) atoms. The molecule has 8 aromatic heterocycles. The molecule has 0 spiro atoms. The third kappa shape index (κ3) is 12.5. The molecule has 0 bridgehead atoms. The number of nitrogens with zero attached hydrogens (tertiary/aromatic N) is 9. The molecule has 3 aliphatic rings. The van der Waals surface area contributed by atoms with Crippen LogP contribution in [0, 0.1) is 20.8 Å². The molecule has 0 saturated carbocycles. The van der Waals surface area contributed by atoms with E-state index in [9.17, 15) is 22.8 Å². The number of likely N-dealkylation sites (tertiary alicyclic amines) is 1. The summed E-state index contributed by atoms with van der Waals surface area (Å²) in [5.41, 5.74) is 13.8. The van der Waals surface area contributed by atoms with Crippen LogP contribution >= 0.6 is 0 Å². The maximum Gasteiger partial charge on any atom is 0.255 e. The molecule has 15 nitrogen and oxygen atoms in total. The average Bonchev–Trinajstić information content (AvgIpc) is 4.28. The quantitative estimate of drug-likeness (QED) is 0.176. The lowest BCUT2D eigenvalue weighted by atomic mass is 9.88. The Bertz CT molecular complexity index is 3460. The van der Waals surface area contributed by atoms with Gasteiger partial charge in [-0.1, -0.05) is 24.3 Å². The predicted octanol–water partition coefficient (Wildman–Crippen LogP) is 9.41.